The zero-order valence-electron chi connectivity index (χ0n) is 11.2. The molecule has 0 fully saturated rings. The number of hydrogen-bond donors (Lipinski definition) is 2. The topological polar surface area (TPSA) is 68.0 Å². The molecule has 1 heterocycles. The zero-order chi connectivity index (χ0) is 14.4. The molecule has 1 aromatic carbocycles. The van der Waals surface area contributed by atoms with Crippen molar-refractivity contribution >= 4 is 11.6 Å². The van der Waals surface area contributed by atoms with Gasteiger partial charge in [-0.1, -0.05) is 17.9 Å². The molecular formula is C16H15N3O. The predicted molar refractivity (Wildman–Crippen MR) is 79.3 cm³/mol. The zero-order valence-corrected chi connectivity index (χ0v) is 11.2. The summed E-state index contributed by atoms with van der Waals surface area (Å²) in [4.78, 5) is 16.2. The Morgan fingerprint density at radius 2 is 2.20 bits per heavy atom. The average molecular weight is 265 g/mol. The van der Waals surface area contributed by atoms with Crippen LogP contribution in [0.3, 0.4) is 0 Å². The minimum Gasteiger partial charge on any atom is -0.322 e. The number of pyridine rings is 1. The number of carbonyl (C=O) groups excluding carboxylic acids is 1. The van der Waals surface area contributed by atoms with Crippen LogP contribution >= 0.6 is 0 Å². The van der Waals surface area contributed by atoms with Gasteiger partial charge in [0.1, 0.15) is 0 Å². The third-order valence-corrected chi connectivity index (χ3v) is 2.61. The Labute approximate surface area is 118 Å². The minimum atomic E-state index is -0.174. The highest BCUT2D eigenvalue weighted by Crippen LogP contribution is 2.11. The van der Waals surface area contributed by atoms with Crippen molar-refractivity contribution in [2.45, 2.75) is 6.92 Å². The molecule has 100 valence electrons. The van der Waals surface area contributed by atoms with Crippen LogP contribution in [0.5, 0.6) is 0 Å². The van der Waals surface area contributed by atoms with Crippen molar-refractivity contribution in [1.82, 2.24) is 4.98 Å². The fraction of sp³-hybridized carbons (Fsp3) is 0.125. The number of rotatable bonds is 2. The maximum atomic E-state index is 12.1. The van der Waals surface area contributed by atoms with Gasteiger partial charge in [-0.2, -0.15) is 0 Å². The molecule has 2 aromatic rings. The van der Waals surface area contributed by atoms with E-state index in [2.05, 4.69) is 22.1 Å². The Morgan fingerprint density at radius 1 is 1.35 bits per heavy atom. The Bertz CT molecular complexity index is 683. The number of nitrogens with one attached hydrogen (secondary N) is 1. The lowest BCUT2D eigenvalue weighted by atomic mass is 10.1. The van der Waals surface area contributed by atoms with Crippen LogP contribution in [0.2, 0.25) is 0 Å². The number of amides is 1. The summed E-state index contributed by atoms with van der Waals surface area (Å²) >= 11 is 0. The Morgan fingerprint density at radius 3 is 2.95 bits per heavy atom. The van der Waals surface area contributed by atoms with Gasteiger partial charge in [-0.25, -0.2) is 0 Å². The molecule has 0 aliphatic carbocycles. The van der Waals surface area contributed by atoms with Gasteiger partial charge in [0.15, 0.2) is 0 Å². The molecule has 0 unspecified atom stereocenters. The number of aryl methyl sites for hydroxylation is 1. The van der Waals surface area contributed by atoms with Gasteiger partial charge < -0.3 is 11.1 Å². The Kier molecular flexibility index (Phi) is 4.48. The second kappa shape index (κ2) is 6.50. The largest absolute Gasteiger partial charge is 0.322 e. The summed E-state index contributed by atoms with van der Waals surface area (Å²) in [6.07, 6.45) is 1.66. The number of aromatic nitrogens is 1. The number of anilines is 1. The molecule has 4 heteroatoms. The van der Waals surface area contributed by atoms with E-state index < -0.39 is 0 Å². The van der Waals surface area contributed by atoms with Gasteiger partial charge in [0.2, 0.25) is 0 Å². The molecule has 0 spiro atoms. The normalized spacial score (nSPS) is 9.50. The van der Waals surface area contributed by atoms with E-state index in [0.717, 1.165) is 16.9 Å². The number of nitrogens with two attached hydrogens (primary N) is 1. The molecular weight excluding hydrogens is 250 g/mol. The van der Waals surface area contributed by atoms with Crippen molar-refractivity contribution in [2.75, 3.05) is 11.9 Å². The first-order chi connectivity index (χ1) is 9.69. The van der Waals surface area contributed by atoms with E-state index in [0.29, 0.717) is 12.1 Å². The van der Waals surface area contributed by atoms with Gasteiger partial charge >= 0.3 is 0 Å². The molecule has 0 aliphatic rings. The van der Waals surface area contributed by atoms with E-state index in [-0.39, 0.29) is 5.91 Å². The Hall–Kier alpha value is -2.64. The van der Waals surface area contributed by atoms with E-state index in [1.165, 1.54) is 0 Å². The van der Waals surface area contributed by atoms with Gasteiger partial charge in [-0.3, -0.25) is 9.78 Å². The molecule has 0 atom stereocenters. The summed E-state index contributed by atoms with van der Waals surface area (Å²) in [6, 6.07) is 10.7. The van der Waals surface area contributed by atoms with Crippen molar-refractivity contribution in [2.24, 2.45) is 5.73 Å². The van der Waals surface area contributed by atoms with Gasteiger partial charge in [-0.05, 0) is 37.3 Å². The second-order valence-corrected chi connectivity index (χ2v) is 4.23. The molecule has 20 heavy (non-hydrogen) atoms. The van der Waals surface area contributed by atoms with Crippen LogP contribution < -0.4 is 11.1 Å². The van der Waals surface area contributed by atoms with E-state index >= 15 is 0 Å². The molecule has 3 N–H and O–H groups in total. The molecule has 1 aromatic heterocycles. The lowest BCUT2D eigenvalue weighted by molar-refractivity contribution is 0.102. The lowest BCUT2D eigenvalue weighted by Crippen LogP contribution is -2.12. The van der Waals surface area contributed by atoms with E-state index in [4.69, 9.17) is 5.73 Å². The average Bonchev–Trinajstić information content (AvgIpc) is 2.45. The van der Waals surface area contributed by atoms with Crippen molar-refractivity contribution < 1.29 is 4.79 Å². The van der Waals surface area contributed by atoms with E-state index in [9.17, 15) is 4.79 Å². The molecule has 0 aliphatic heterocycles. The summed E-state index contributed by atoms with van der Waals surface area (Å²) in [7, 11) is 0. The van der Waals surface area contributed by atoms with Crippen LogP contribution in [-0.4, -0.2) is 17.4 Å². The van der Waals surface area contributed by atoms with Gasteiger partial charge in [0, 0.05) is 28.7 Å². The van der Waals surface area contributed by atoms with Crippen LogP contribution in [-0.2, 0) is 0 Å². The van der Waals surface area contributed by atoms with Crippen molar-refractivity contribution in [3.05, 3.63) is 59.4 Å². The fourth-order valence-corrected chi connectivity index (χ4v) is 1.72. The standard InChI is InChI=1S/C16H15N3O/c1-12-10-15(7-9-18-12)19-16(20)14-6-2-4-13(11-14)5-3-8-17/h2,4,6-7,9-11H,8,17H2,1H3,(H,18,19,20). The maximum Gasteiger partial charge on any atom is 0.255 e. The molecule has 2 rings (SSSR count). The van der Waals surface area contributed by atoms with Crippen molar-refractivity contribution in [3.63, 3.8) is 0 Å². The van der Waals surface area contributed by atoms with Crippen LogP contribution in [0.25, 0.3) is 0 Å². The molecule has 1 amide bonds. The Balaban J connectivity index is 2.17. The summed E-state index contributed by atoms with van der Waals surface area (Å²) in [5, 5.41) is 2.83. The quantitative estimate of drug-likeness (QED) is 0.815. The van der Waals surface area contributed by atoms with Crippen molar-refractivity contribution in [1.29, 1.82) is 0 Å². The number of benzene rings is 1. The van der Waals surface area contributed by atoms with Gasteiger partial charge in [0.05, 0.1) is 6.54 Å². The first-order valence-electron chi connectivity index (χ1n) is 6.22. The highest BCUT2D eigenvalue weighted by Gasteiger charge is 2.06. The minimum absolute atomic E-state index is 0.174. The number of hydrogen-bond acceptors (Lipinski definition) is 3. The fourth-order valence-electron chi connectivity index (χ4n) is 1.72. The third kappa shape index (κ3) is 3.67. The highest BCUT2D eigenvalue weighted by atomic mass is 16.1. The van der Waals surface area contributed by atoms with Gasteiger partial charge in [0.25, 0.3) is 5.91 Å². The van der Waals surface area contributed by atoms with Gasteiger partial charge in [-0.15, -0.1) is 0 Å². The molecule has 4 nitrogen and oxygen atoms in total. The molecule has 0 radical (unpaired) electrons. The first-order valence-corrected chi connectivity index (χ1v) is 6.22. The van der Waals surface area contributed by atoms with E-state index in [1.54, 1.807) is 30.5 Å². The smallest absolute Gasteiger partial charge is 0.255 e. The van der Waals surface area contributed by atoms with Crippen LogP contribution in [0.1, 0.15) is 21.6 Å². The lowest BCUT2D eigenvalue weighted by Gasteiger charge is -2.06. The van der Waals surface area contributed by atoms with Crippen LogP contribution in [0, 0.1) is 18.8 Å². The number of nitrogens with zero attached hydrogens (tertiary/aromatic N) is 1. The van der Waals surface area contributed by atoms with E-state index in [1.807, 2.05) is 19.1 Å². The number of carbonyl (C=O) groups is 1. The van der Waals surface area contributed by atoms with Crippen LogP contribution in [0.15, 0.2) is 42.6 Å². The monoisotopic (exact) mass is 265 g/mol. The summed E-state index contributed by atoms with van der Waals surface area (Å²) in [5.74, 6) is 5.50. The molecule has 0 saturated carbocycles. The summed E-state index contributed by atoms with van der Waals surface area (Å²) in [5.41, 5.74) is 8.24. The second-order valence-electron chi connectivity index (χ2n) is 4.23. The predicted octanol–water partition coefficient (Wildman–Crippen LogP) is 1.95. The highest BCUT2D eigenvalue weighted by molar-refractivity contribution is 6.04. The van der Waals surface area contributed by atoms with Crippen LogP contribution in [0.4, 0.5) is 5.69 Å². The third-order valence-electron chi connectivity index (χ3n) is 2.61. The van der Waals surface area contributed by atoms with Crippen molar-refractivity contribution in [3.8, 4) is 11.8 Å². The molecule has 0 saturated heterocycles. The summed E-state index contributed by atoms with van der Waals surface area (Å²) in [6.45, 7) is 2.17. The molecule has 0 bridgehead atoms. The maximum absolute atomic E-state index is 12.1. The first kappa shape index (κ1) is 13.8. The SMILES string of the molecule is Cc1cc(NC(=O)c2cccc(C#CCN)c2)ccn1. The summed E-state index contributed by atoms with van der Waals surface area (Å²) < 4.78 is 0.